The monoisotopic (exact) mass is 441 g/mol. The van der Waals surface area contributed by atoms with Crippen LogP contribution in [0.25, 0.3) is 10.9 Å². The van der Waals surface area contributed by atoms with Crippen molar-refractivity contribution < 1.29 is 4.79 Å². The number of nitrogens with zero attached hydrogens (tertiary/aromatic N) is 3. The summed E-state index contributed by atoms with van der Waals surface area (Å²) in [5.74, 6) is 0.268. The second-order valence-electron chi connectivity index (χ2n) is 7.85. The predicted molar refractivity (Wildman–Crippen MR) is 129 cm³/mol. The first-order valence-corrected chi connectivity index (χ1v) is 11.7. The fourth-order valence-corrected chi connectivity index (χ4v) is 5.03. The topological polar surface area (TPSA) is 55.2 Å². The van der Waals surface area contributed by atoms with E-state index < -0.39 is 0 Å². The lowest BCUT2D eigenvalue weighted by molar-refractivity contribution is -0.116. The highest BCUT2D eigenvalue weighted by Gasteiger charge is 2.23. The molecule has 0 fully saturated rings. The molecule has 5 rings (SSSR count). The molecule has 6 heteroatoms. The van der Waals surface area contributed by atoms with E-state index in [4.69, 9.17) is 4.98 Å². The van der Waals surface area contributed by atoms with Gasteiger partial charge in [-0.25, -0.2) is 4.98 Å². The molecule has 1 aliphatic heterocycles. The highest BCUT2D eigenvalue weighted by atomic mass is 32.2. The summed E-state index contributed by atoms with van der Waals surface area (Å²) in [6.45, 7) is 1.14. The van der Waals surface area contributed by atoms with Crippen LogP contribution in [0.4, 0.5) is 5.69 Å². The van der Waals surface area contributed by atoms with E-state index in [1.54, 1.807) is 10.6 Å². The lowest BCUT2D eigenvalue weighted by Gasteiger charge is -2.29. The molecule has 3 aromatic carbocycles. The number of carbonyl (C=O) groups excluding carboxylic acids is 1. The molecule has 0 atom stereocenters. The molecule has 0 bridgehead atoms. The summed E-state index contributed by atoms with van der Waals surface area (Å²) in [5, 5.41) is 1.15. The molecule has 1 aromatic heterocycles. The van der Waals surface area contributed by atoms with Crippen molar-refractivity contribution in [2.24, 2.45) is 0 Å². The highest BCUT2D eigenvalue weighted by molar-refractivity contribution is 7.99. The zero-order valence-corrected chi connectivity index (χ0v) is 18.4. The quantitative estimate of drug-likeness (QED) is 0.338. The number of fused-ring (bicyclic) bond motifs is 2. The maximum absolute atomic E-state index is 13.3. The standard InChI is InChI=1S/C26H23N3O2S/c30-24(28-16-8-12-20-11-4-7-15-23(20)28)18-32-26-27-22-14-6-5-13-21(22)25(31)29(26)17-19-9-2-1-3-10-19/h1-7,9-11,13-15H,8,12,16-18H2. The maximum atomic E-state index is 13.3. The smallest absolute Gasteiger partial charge is 0.262 e. The number of hydrogen-bond donors (Lipinski definition) is 0. The average Bonchev–Trinajstić information content (AvgIpc) is 2.85. The Morgan fingerprint density at radius 3 is 2.56 bits per heavy atom. The van der Waals surface area contributed by atoms with Crippen molar-refractivity contribution in [2.75, 3.05) is 17.2 Å². The van der Waals surface area contributed by atoms with Gasteiger partial charge in [0, 0.05) is 12.2 Å². The number of benzene rings is 3. The van der Waals surface area contributed by atoms with Crippen LogP contribution in [0.2, 0.25) is 0 Å². The van der Waals surface area contributed by atoms with E-state index in [1.165, 1.54) is 17.3 Å². The first-order valence-electron chi connectivity index (χ1n) is 10.8. The van der Waals surface area contributed by atoms with Gasteiger partial charge in [-0.15, -0.1) is 0 Å². The Morgan fingerprint density at radius 2 is 1.69 bits per heavy atom. The zero-order chi connectivity index (χ0) is 21.9. The molecule has 32 heavy (non-hydrogen) atoms. The number of para-hydroxylation sites is 2. The summed E-state index contributed by atoms with van der Waals surface area (Å²) in [6, 6.07) is 25.3. The zero-order valence-electron chi connectivity index (χ0n) is 17.6. The molecule has 0 aliphatic carbocycles. The van der Waals surface area contributed by atoms with Crippen molar-refractivity contribution in [1.29, 1.82) is 0 Å². The van der Waals surface area contributed by atoms with Crippen LogP contribution >= 0.6 is 11.8 Å². The molecule has 4 aromatic rings. The van der Waals surface area contributed by atoms with Crippen molar-refractivity contribution >= 4 is 34.3 Å². The lowest BCUT2D eigenvalue weighted by atomic mass is 10.0. The second kappa shape index (κ2) is 9.01. The Bertz CT molecular complexity index is 1330. The van der Waals surface area contributed by atoms with Crippen molar-refractivity contribution in [3.8, 4) is 0 Å². The molecule has 1 amide bonds. The van der Waals surface area contributed by atoms with E-state index in [2.05, 4.69) is 6.07 Å². The fraction of sp³-hybridized carbons (Fsp3) is 0.192. The van der Waals surface area contributed by atoms with Crippen LogP contribution < -0.4 is 10.5 Å². The molecule has 2 heterocycles. The van der Waals surface area contributed by atoms with Crippen LogP contribution in [-0.2, 0) is 17.8 Å². The average molecular weight is 442 g/mol. The normalized spacial score (nSPS) is 13.2. The van der Waals surface area contributed by atoms with E-state index in [0.717, 1.165) is 30.6 Å². The number of hydrogen-bond acceptors (Lipinski definition) is 4. The third-order valence-corrected chi connectivity index (χ3v) is 6.71. The molecular weight excluding hydrogens is 418 g/mol. The molecule has 5 nitrogen and oxygen atoms in total. The number of anilines is 1. The molecular formula is C26H23N3O2S. The van der Waals surface area contributed by atoms with Crippen LogP contribution in [0, 0.1) is 0 Å². The number of aryl methyl sites for hydroxylation is 1. The Labute approximate surface area is 190 Å². The number of carbonyl (C=O) groups is 1. The van der Waals surface area contributed by atoms with Crippen molar-refractivity contribution in [3.63, 3.8) is 0 Å². The van der Waals surface area contributed by atoms with Gasteiger partial charge < -0.3 is 4.90 Å². The summed E-state index contributed by atoms with van der Waals surface area (Å²) < 4.78 is 1.68. The first-order chi connectivity index (χ1) is 15.7. The Morgan fingerprint density at radius 1 is 0.938 bits per heavy atom. The number of rotatable bonds is 5. The van der Waals surface area contributed by atoms with E-state index in [-0.39, 0.29) is 17.2 Å². The van der Waals surface area contributed by atoms with Gasteiger partial charge in [0.05, 0.1) is 23.2 Å². The van der Waals surface area contributed by atoms with Crippen LogP contribution in [0.3, 0.4) is 0 Å². The third kappa shape index (κ3) is 4.06. The molecule has 0 N–H and O–H groups in total. The van der Waals surface area contributed by atoms with Gasteiger partial charge in [0.1, 0.15) is 0 Å². The van der Waals surface area contributed by atoms with Gasteiger partial charge in [-0.05, 0) is 42.2 Å². The van der Waals surface area contributed by atoms with E-state index >= 15 is 0 Å². The second-order valence-corrected chi connectivity index (χ2v) is 8.80. The van der Waals surface area contributed by atoms with Crippen molar-refractivity contribution in [2.45, 2.75) is 24.5 Å². The van der Waals surface area contributed by atoms with Crippen LogP contribution in [0.5, 0.6) is 0 Å². The largest absolute Gasteiger partial charge is 0.311 e. The minimum atomic E-state index is -0.0854. The molecule has 0 saturated heterocycles. The molecule has 0 unspecified atom stereocenters. The van der Waals surface area contributed by atoms with E-state index in [0.29, 0.717) is 22.6 Å². The molecule has 0 radical (unpaired) electrons. The summed E-state index contributed by atoms with van der Waals surface area (Å²) in [5.41, 5.74) is 3.79. The minimum absolute atomic E-state index is 0.0378. The fourth-order valence-electron chi connectivity index (χ4n) is 4.16. The van der Waals surface area contributed by atoms with E-state index in [1.807, 2.05) is 71.6 Å². The first kappa shape index (κ1) is 20.5. The molecule has 0 saturated carbocycles. The number of amides is 1. The maximum Gasteiger partial charge on any atom is 0.262 e. The summed E-state index contributed by atoms with van der Waals surface area (Å²) in [7, 11) is 0. The summed E-state index contributed by atoms with van der Waals surface area (Å²) in [4.78, 5) is 33.0. The van der Waals surface area contributed by atoms with E-state index in [9.17, 15) is 9.59 Å². The van der Waals surface area contributed by atoms with Crippen LogP contribution in [0.15, 0.2) is 88.8 Å². The lowest BCUT2D eigenvalue weighted by Crippen LogP contribution is -2.36. The Balaban J connectivity index is 1.45. The van der Waals surface area contributed by atoms with Gasteiger partial charge in [0.15, 0.2) is 5.16 Å². The number of aromatic nitrogens is 2. The highest BCUT2D eigenvalue weighted by Crippen LogP contribution is 2.28. The molecule has 1 aliphatic rings. The van der Waals surface area contributed by atoms with Crippen molar-refractivity contribution in [1.82, 2.24) is 9.55 Å². The Kier molecular flexibility index (Phi) is 5.77. The van der Waals surface area contributed by atoms with Gasteiger partial charge >= 0.3 is 0 Å². The molecule has 0 spiro atoms. The number of thioether (sulfide) groups is 1. The SMILES string of the molecule is O=C(CSc1nc2ccccc2c(=O)n1Cc1ccccc1)N1CCCc2ccccc21. The minimum Gasteiger partial charge on any atom is -0.311 e. The van der Waals surface area contributed by atoms with Gasteiger partial charge in [0.25, 0.3) is 5.56 Å². The summed E-state index contributed by atoms with van der Waals surface area (Å²) in [6.07, 6.45) is 1.95. The van der Waals surface area contributed by atoms with Gasteiger partial charge in [-0.3, -0.25) is 14.2 Å². The van der Waals surface area contributed by atoms with Crippen molar-refractivity contribution in [3.05, 3.63) is 100 Å². The van der Waals surface area contributed by atoms with Gasteiger partial charge in [-0.1, -0.05) is 72.4 Å². The van der Waals surface area contributed by atoms with Gasteiger partial charge in [0.2, 0.25) is 5.91 Å². The predicted octanol–water partition coefficient (Wildman–Crippen LogP) is 4.52. The Hall–Kier alpha value is -3.38. The summed E-state index contributed by atoms with van der Waals surface area (Å²) >= 11 is 1.33. The van der Waals surface area contributed by atoms with Crippen LogP contribution in [0.1, 0.15) is 17.5 Å². The van der Waals surface area contributed by atoms with Gasteiger partial charge in [-0.2, -0.15) is 0 Å². The van der Waals surface area contributed by atoms with Crippen LogP contribution in [-0.4, -0.2) is 27.8 Å². The molecule has 160 valence electrons. The third-order valence-electron chi connectivity index (χ3n) is 5.75.